The van der Waals surface area contributed by atoms with Gasteiger partial charge in [0, 0.05) is 18.5 Å². The Kier molecular flexibility index (Phi) is 5.59. The minimum Gasteiger partial charge on any atom is -0.464 e. The number of carbonyl (C=O) groups is 2. The standard InChI is InChI=1S/C22H29N3O3/c1-14-18(10-11-20(26)23-19-12-13-28-21(19)27)15(2)25(24-14)17-8-6-16(7-9-17)22(3,4)5/h6-9,19H,10-13H2,1-5H3,(H,23,26). The topological polar surface area (TPSA) is 73.2 Å². The van der Waals surface area contributed by atoms with E-state index < -0.39 is 6.04 Å². The Morgan fingerprint density at radius 2 is 1.93 bits per heavy atom. The molecule has 2 heterocycles. The van der Waals surface area contributed by atoms with E-state index in [4.69, 9.17) is 4.74 Å². The molecule has 2 aromatic rings. The molecule has 1 N–H and O–H groups in total. The number of cyclic esters (lactones) is 1. The molecule has 3 rings (SSSR count). The summed E-state index contributed by atoms with van der Waals surface area (Å²) < 4.78 is 6.82. The average molecular weight is 383 g/mol. The molecular weight excluding hydrogens is 354 g/mol. The van der Waals surface area contributed by atoms with E-state index in [2.05, 4.69) is 55.5 Å². The molecule has 0 bridgehead atoms. The second-order valence-corrected chi connectivity index (χ2v) is 8.43. The van der Waals surface area contributed by atoms with Crippen LogP contribution < -0.4 is 5.32 Å². The number of amides is 1. The highest BCUT2D eigenvalue weighted by Crippen LogP contribution is 2.25. The van der Waals surface area contributed by atoms with Gasteiger partial charge in [-0.15, -0.1) is 0 Å². The number of hydrogen-bond acceptors (Lipinski definition) is 4. The third-order valence-electron chi connectivity index (χ3n) is 5.29. The molecule has 1 unspecified atom stereocenters. The van der Waals surface area contributed by atoms with E-state index in [1.54, 1.807) is 0 Å². The normalized spacial score (nSPS) is 16.9. The maximum atomic E-state index is 12.2. The highest BCUT2D eigenvalue weighted by molar-refractivity contribution is 5.85. The third-order valence-corrected chi connectivity index (χ3v) is 5.29. The van der Waals surface area contributed by atoms with Crippen molar-refractivity contribution in [2.75, 3.05) is 6.61 Å². The van der Waals surface area contributed by atoms with Gasteiger partial charge in [-0.3, -0.25) is 4.79 Å². The van der Waals surface area contributed by atoms with Gasteiger partial charge in [-0.25, -0.2) is 9.48 Å². The number of nitrogens with one attached hydrogen (secondary N) is 1. The van der Waals surface area contributed by atoms with Crippen molar-refractivity contribution in [1.82, 2.24) is 15.1 Å². The third kappa shape index (κ3) is 4.26. The fraction of sp³-hybridized carbons (Fsp3) is 0.500. The van der Waals surface area contributed by atoms with Crippen molar-refractivity contribution in [3.05, 3.63) is 46.8 Å². The van der Waals surface area contributed by atoms with Crippen LogP contribution in [0.15, 0.2) is 24.3 Å². The van der Waals surface area contributed by atoms with Crippen LogP contribution in [0.5, 0.6) is 0 Å². The van der Waals surface area contributed by atoms with Crippen LogP contribution in [0.2, 0.25) is 0 Å². The van der Waals surface area contributed by atoms with Gasteiger partial charge in [-0.2, -0.15) is 5.10 Å². The molecule has 1 fully saturated rings. The molecular formula is C22H29N3O3. The van der Waals surface area contributed by atoms with E-state index >= 15 is 0 Å². The van der Waals surface area contributed by atoms with Gasteiger partial charge in [0.25, 0.3) is 0 Å². The van der Waals surface area contributed by atoms with Crippen molar-refractivity contribution in [2.45, 2.75) is 65.3 Å². The predicted molar refractivity (Wildman–Crippen MR) is 108 cm³/mol. The van der Waals surface area contributed by atoms with Crippen molar-refractivity contribution < 1.29 is 14.3 Å². The summed E-state index contributed by atoms with van der Waals surface area (Å²) in [6, 6.07) is 7.95. The summed E-state index contributed by atoms with van der Waals surface area (Å²) in [6.45, 7) is 11.0. The first-order valence-corrected chi connectivity index (χ1v) is 9.79. The Morgan fingerprint density at radius 3 is 2.50 bits per heavy atom. The molecule has 150 valence electrons. The first-order chi connectivity index (χ1) is 13.2. The Bertz CT molecular complexity index is 876. The highest BCUT2D eigenvalue weighted by Gasteiger charge is 2.27. The minimum absolute atomic E-state index is 0.109. The number of hydrogen-bond donors (Lipinski definition) is 1. The largest absolute Gasteiger partial charge is 0.464 e. The van der Waals surface area contributed by atoms with E-state index in [9.17, 15) is 9.59 Å². The summed E-state index contributed by atoms with van der Waals surface area (Å²) in [7, 11) is 0. The molecule has 1 atom stereocenters. The number of nitrogens with zero attached hydrogens (tertiary/aromatic N) is 2. The molecule has 1 aromatic carbocycles. The highest BCUT2D eigenvalue weighted by atomic mass is 16.5. The van der Waals surface area contributed by atoms with Gasteiger partial charge in [-0.05, 0) is 48.9 Å². The van der Waals surface area contributed by atoms with E-state index in [1.165, 1.54) is 5.56 Å². The second kappa shape index (κ2) is 7.78. The zero-order chi connectivity index (χ0) is 20.5. The van der Waals surface area contributed by atoms with Gasteiger partial charge in [0.1, 0.15) is 6.04 Å². The fourth-order valence-electron chi connectivity index (χ4n) is 3.52. The molecule has 28 heavy (non-hydrogen) atoms. The van der Waals surface area contributed by atoms with E-state index in [1.807, 2.05) is 18.5 Å². The van der Waals surface area contributed by atoms with Crippen molar-refractivity contribution in [3.63, 3.8) is 0 Å². The zero-order valence-corrected chi connectivity index (χ0v) is 17.3. The van der Waals surface area contributed by atoms with Crippen molar-refractivity contribution in [3.8, 4) is 5.69 Å². The quantitative estimate of drug-likeness (QED) is 0.805. The van der Waals surface area contributed by atoms with Crippen LogP contribution in [0.1, 0.15) is 56.1 Å². The van der Waals surface area contributed by atoms with Crippen molar-refractivity contribution in [1.29, 1.82) is 0 Å². The van der Waals surface area contributed by atoms with E-state index in [0.717, 1.165) is 22.6 Å². The van der Waals surface area contributed by atoms with Gasteiger partial charge < -0.3 is 10.1 Å². The smallest absolute Gasteiger partial charge is 0.328 e. The van der Waals surface area contributed by atoms with Gasteiger partial charge in [-0.1, -0.05) is 32.9 Å². The lowest BCUT2D eigenvalue weighted by Crippen LogP contribution is -2.38. The lowest BCUT2D eigenvalue weighted by molar-refractivity contribution is -0.141. The lowest BCUT2D eigenvalue weighted by atomic mass is 9.87. The number of aryl methyl sites for hydroxylation is 1. The minimum atomic E-state index is -0.501. The van der Waals surface area contributed by atoms with Crippen LogP contribution in [-0.2, 0) is 26.2 Å². The van der Waals surface area contributed by atoms with E-state index in [0.29, 0.717) is 25.9 Å². The predicted octanol–water partition coefficient (Wildman–Crippen LogP) is 3.15. The fourth-order valence-corrected chi connectivity index (χ4v) is 3.52. The van der Waals surface area contributed by atoms with Crippen molar-refractivity contribution >= 4 is 11.9 Å². The maximum Gasteiger partial charge on any atom is 0.328 e. The Morgan fingerprint density at radius 1 is 1.25 bits per heavy atom. The maximum absolute atomic E-state index is 12.2. The Hall–Kier alpha value is -2.63. The van der Waals surface area contributed by atoms with Crippen molar-refractivity contribution in [2.24, 2.45) is 0 Å². The summed E-state index contributed by atoms with van der Waals surface area (Å²) in [5, 5.41) is 7.43. The molecule has 6 nitrogen and oxygen atoms in total. The molecule has 0 saturated carbocycles. The first kappa shape index (κ1) is 20.1. The molecule has 0 spiro atoms. The van der Waals surface area contributed by atoms with Gasteiger partial charge in [0.2, 0.25) is 5.91 Å². The summed E-state index contributed by atoms with van der Waals surface area (Å²) >= 11 is 0. The number of benzene rings is 1. The van der Waals surface area contributed by atoms with Crippen LogP contribution in [0.3, 0.4) is 0 Å². The lowest BCUT2D eigenvalue weighted by Gasteiger charge is -2.19. The first-order valence-electron chi connectivity index (χ1n) is 9.79. The van der Waals surface area contributed by atoms with Crippen LogP contribution in [0.4, 0.5) is 0 Å². The monoisotopic (exact) mass is 383 g/mol. The molecule has 1 aromatic heterocycles. The SMILES string of the molecule is Cc1nn(-c2ccc(C(C)(C)C)cc2)c(C)c1CCC(=O)NC1CCOC1=O. The molecule has 1 aliphatic heterocycles. The van der Waals surface area contributed by atoms with Crippen LogP contribution in [0.25, 0.3) is 5.69 Å². The van der Waals surface area contributed by atoms with Gasteiger partial charge in [0.15, 0.2) is 0 Å². The summed E-state index contributed by atoms with van der Waals surface area (Å²) in [4.78, 5) is 23.7. The van der Waals surface area contributed by atoms with E-state index in [-0.39, 0.29) is 17.3 Å². The van der Waals surface area contributed by atoms with Gasteiger partial charge >= 0.3 is 5.97 Å². The van der Waals surface area contributed by atoms with Crippen LogP contribution in [0, 0.1) is 13.8 Å². The molecule has 0 radical (unpaired) electrons. The number of carbonyl (C=O) groups excluding carboxylic acids is 2. The second-order valence-electron chi connectivity index (χ2n) is 8.43. The Labute approximate surface area is 166 Å². The summed E-state index contributed by atoms with van der Waals surface area (Å²) in [5.74, 6) is -0.475. The summed E-state index contributed by atoms with van der Waals surface area (Å²) in [6.07, 6.45) is 1.45. The molecule has 1 saturated heterocycles. The number of ether oxygens (including phenoxy) is 1. The number of rotatable bonds is 5. The number of aromatic nitrogens is 2. The van der Waals surface area contributed by atoms with Crippen LogP contribution >= 0.6 is 0 Å². The number of esters is 1. The zero-order valence-electron chi connectivity index (χ0n) is 17.3. The Balaban J connectivity index is 1.69. The molecule has 0 aliphatic carbocycles. The summed E-state index contributed by atoms with van der Waals surface area (Å²) in [5.41, 5.74) is 5.43. The van der Waals surface area contributed by atoms with Crippen LogP contribution in [-0.4, -0.2) is 34.3 Å². The molecule has 1 aliphatic rings. The van der Waals surface area contributed by atoms with Gasteiger partial charge in [0.05, 0.1) is 18.0 Å². The average Bonchev–Trinajstić information content (AvgIpc) is 3.15. The molecule has 1 amide bonds. The molecule has 6 heteroatoms.